The van der Waals surface area contributed by atoms with E-state index in [2.05, 4.69) is 16.3 Å². The molecule has 7 nitrogen and oxygen atoms in total. The molecule has 1 amide bonds. The SMILES string of the molecule is COc1cc2c(cc1OC)[C@H](c1cccs1)N(CC(=O)N[C@@]1(C)CCS(=O)(=O)C1)CC2. The predicted molar refractivity (Wildman–Crippen MR) is 121 cm³/mol. The number of ether oxygens (including phenoxy) is 2. The van der Waals surface area contributed by atoms with Crippen molar-refractivity contribution >= 4 is 27.1 Å². The van der Waals surface area contributed by atoms with Crippen LogP contribution in [0.15, 0.2) is 29.6 Å². The summed E-state index contributed by atoms with van der Waals surface area (Å²) in [6, 6.07) is 8.05. The summed E-state index contributed by atoms with van der Waals surface area (Å²) in [5, 5.41) is 5.02. The number of rotatable bonds is 6. The molecule has 1 N–H and O–H groups in total. The van der Waals surface area contributed by atoms with Crippen LogP contribution in [0.1, 0.15) is 35.4 Å². The van der Waals surface area contributed by atoms with E-state index in [4.69, 9.17) is 9.47 Å². The summed E-state index contributed by atoms with van der Waals surface area (Å²) in [7, 11) is 0.163. The molecule has 2 aliphatic rings. The molecule has 4 rings (SSSR count). The standard InChI is InChI=1S/C22H28N2O5S2/c1-22(7-10-31(26,27)14-22)23-20(25)13-24-8-6-15-11-17(28-2)18(29-3)12-16(15)21(24)19-5-4-9-30-19/h4-5,9,11-12,21H,6-8,10,13-14H2,1-3H3,(H,23,25)/t21-,22+/m1/s1. The molecule has 31 heavy (non-hydrogen) atoms. The zero-order valence-electron chi connectivity index (χ0n) is 18.0. The van der Waals surface area contributed by atoms with Gasteiger partial charge in [0.25, 0.3) is 0 Å². The Balaban J connectivity index is 1.60. The fourth-order valence-electron chi connectivity index (χ4n) is 4.62. The first-order valence-corrected chi connectivity index (χ1v) is 13.0. The van der Waals surface area contributed by atoms with Crippen molar-refractivity contribution in [2.45, 2.75) is 31.3 Å². The smallest absolute Gasteiger partial charge is 0.234 e. The van der Waals surface area contributed by atoms with Crippen LogP contribution >= 0.6 is 11.3 Å². The summed E-state index contributed by atoms with van der Waals surface area (Å²) < 4.78 is 34.8. The molecule has 0 aliphatic carbocycles. The van der Waals surface area contributed by atoms with Crippen LogP contribution in [0.2, 0.25) is 0 Å². The third-order valence-corrected chi connectivity index (χ3v) is 8.91. The molecule has 0 saturated carbocycles. The Bertz CT molecular complexity index is 1070. The lowest BCUT2D eigenvalue weighted by molar-refractivity contribution is -0.124. The zero-order valence-corrected chi connectivity index (χ0v) is 19.6. The fourth-order valence-corrected chi connectivity index (χ4v) is 7.59. The molecule has 2 atom stereocenters. The third-order valence-electron chi connectivity index (χ3n) is 6.08. The molecule has 1 saturated heterocycles. The summed E-state index contributed by atoms with van der Waals surface area (Å²) in [5.41, 5.74) is 1.59. The van der Waals surface area contributed by atoms with E-state index in [0.717, 1.165) is 16.9 Å². The molecule has 0 radical (unpaired) electrons. The van der Waals surface area contributed by atoms with Crippen molar-refractivity contribution in [3.8, 4) is 11.5 Å². The summed E-state index contributed by atoms with van der Waals surface area (Å²) >= 11 is 1.65. The number of carbonyl (C=O) groups is 1. The zero-order chi connectivity index (χ0) is 22.2. The number of amides is 1. The van der Waals surface area contributed by atoms with Crippen LogP contribution < -0.4 is 14.8 Å². The predicted octanol–water partition coefficient (Wildman–Crippen LogP) is 2.41. The highest BCUT2D eigenvalue weighted by Crippen LogP contribution is 2.42. The molecule has 9 heteroatoms. The molecule has 0 unspecified atom stereocenters. The van der Waals surface area contributed by atoms with Gasteiger partial charge in [-0.25, -0.2) is 8.42 Å². The molecule has 3 heterocycles. The minimum absolute atomic E-state index is 0.0000793. The monoisotopic (exact) mass is 464 g/mol. The Kier molecular flexibility index (Phi) is 6.02. The van der Waals surface area contributed by atoms with Gasteiger partial charge in [-0.1, -0.05) is 6.07 Å². The van der Waals surface area contributed by atoms with E-state index in [1.165, 1.54) is 5.56 Å². The first-order valence-electron chi connectivity index (χ1n) is 10.3. The topological polar surface area (TPSA) is 84.9 Å². The highest BCUT2D eigenvalue weighted by Gasteiger charge is 2.40. The maximum atomic E-state index is 12.9. The fraction of sp³-hybridized carbons (Fsp3) is 0.500. The van der Waals surface area contributed by atoms with Crippen LogP contribution in [0.4, 0.5) is 0 Å². The lowest BCUT2D eigenvalue weighted by Gasteiger charge is -2.37. The average molecular weight is 465 g/mol. The Labute approximate surface area is 187 Å². The second-order valence-electron chi connectivity index (χ2n) is 8.50. The van der Waals surface area contributed by atoms with Gasteiger partial charge in [-0.3, -0.25) is 9.69 Å². The van der Waals surface area contributed by atoms with Gasteiger partial charge in [0, 0.05) is 11.4 Å². The van der Waals surface area contributed by atoms with Crippen LogP contribution in [0.3, 0.4) is 0 Å². The van der Waals surface area contributed by atoms with Gasteiger partial charge in [-0.2, -0.15) is 0 Å². The van der Waals surface area contributed by atoms with Crippen molar-refractivity contribution in [1.29, 1.82) is 0 Å². The van der Waals surface area contributed by atoms with E-state index in [0.29, 0.717) is 24.5 Å². The van der Waals surface area contributed by atoms with Crippen LogP contribution in [0.25, 0.3) is 0 Å². The van der Waals surface area contributed by atoms with Gasteiger partial charge in [0.15, 0.2) is 21.3 Å². The summed E-state index contributed by atoms with van der Waals surface area (Å²) in [5.74, 6) is 1.34. The Morgan fingerprint density at radius 3 is 2.65 bits per heavy atom. The number of hydrogen-bond donors (Lipinski definition) is 1. The van der Waals surface area contributed by atoms with E-state index in [1.807, 2.05) is 30.5 Å². The molecule has 1 aromatic carbocycles. The maximum absolute atomic E-state index is 12.9. The van der Waals surface area contributed by atoms with Gasteiger partial charge in [0.2, 0.25) is 5.91 Å². The summed E-state index contributed by atoms with van der Waals surface area (Å²) in [4.78, 5) is 16.2. The number of nitrogens with one attached hydrogen (secondary N) is 1. The number of methoxy groups -OCH3 is 2. The minimum Gasteiger partial charge on any atom is -0.493 e. The van der Waals surface area contributed by atoms with E-state index in [-0.39, 0.29) is 30.0 Å². The second-order valence-corrected chi connectivity index (χ2v) is 11.7. The largest absolute Gasteiger partial charge is 0.493 e. The van der Waals surface area contributed by atoms with Crippen LogP contribution in [-0.4, -0.2) is 63.6 Å². The lowest BCUT2D eigenvalue weighted by Crippen LogP contribution is -2.51. The highest BCUT2D eigenvalue weighted by atomic mass is 32.2. The van der Waals surface area contributed by atoms with Crippen LogP contribution in [-0.2, 0) is 21.1 Å². The number of hydrogen-bond acceptors (Lipinski definition) is 7. The molecular weight excluding hydrogens is 436 g/mol. The average Bonchev–Trinajstić information content (AvgIpc) is 3.34. The van der Waals surface area contributed by atoms with E-state index in [1.54, 1.807) is 25.6 Å². The lowest BCUT2D eigenvalue weighted by atomic mass is 9.90. The first-order chi connectivity index (χ1) is 14.7. The number of carbonyl (C=O) groups excluding carboxylic acids is 1. The van der Waals surface area contributed by atoms with Crippen molar-refractivity contribution in [1.82, 2.24) is 10.2 Å². The maximum Gasteiger partial charge on any atom is 0.234 e. The van der Waals surface area contributed by atoms with E-state index >= 15 is 0 Å². The van der Waals surface area contributed by atoms with Gasteiger partial charge >= 0.3 is 0 Å². The number of sulfone groups is 1. The van der Waals surface area contributed by atoms with Crippen molar-refractivity contribution in [2.75, 3.05) is 38.8 Å². The van der Waals surface area contributed by atoms with Gasteiger partial charge in [0.1, 0.15) is 0 Å². The van der Waals surface area contributed by atoms with E-state index < -0.39 is 15.4 Å². The number of fused-ring (bicyclic) bond motifs is 1. The number of thiophene rings is 1. The van der Waals surface area contributed by atoms with Crippen LogP contribution in [0.5, 0.6) is 11.5 Å². The summed E-state index contributed by atoms with van der Waals surface area (Å²) in [6.45, 7) is 2.73. The quantitative estimate of drug-likeness (QED) is 0.707. The molecule has 2 aliphatic heterocycles. The minimum atomic E-state index is -3.09. The molecule has 0 bridgehead atoms. The molecule has 2 aromatic rings. The van der Waals surface area contributed by atoms with Gasteiger partial charge in [0.05, 0.1) is 43.9 Å². The van der Waals surface area contributed by atoms with Crippen molar-refractivity contribution in [3.05, 3.63) is 45.6 Å². The van der Waals surface area contributed by atoms with Crippen molar-refractivity contribution in [3.63, 3.8) is 0 Å². The summed E-state index contributed by atoms with van der Waals surface area (Å²) in [6.07, 6.45) is 1.24. The van der Waals surface area contributed by atoms with Crippen LogP contribution in [0, 0.1) is 0 Å². The van der Waals surface area contributed by atoms with Gasteiger partial charge in [-0.05, 0) is 54.5 Å². The third kappa shape index (κ3) is 4.58. The number of nitrogens with zero attached hydrogens (tertiary/aromatic N) is 1. The molecular formula is C22H28N2O5S2. The van der Waals surface area contributed by atoms with Crippen molar-refractivity contribution in [2.24, 2.45) is 0 Å². The Hall–Kier alpha value is -2.10. The van der Waals surface area contributed by atoms with Gasteiger partial charge in [-0.15, -0.1) is 11.3 Å². The first kappa shape index (κ1) is 22.1. The van der Waals surface area contributed by atoms with Crippen molar-refractivity contribution < 1.29 is 22.7 Å². The highest BCUT2D eigenvalue weighted by molar-refractivity contribution is 7.91. The Morgan fingerprint density at radius 1 is 1.29 bits per heavy atom. The number of benzene rings is 1. The molecule has 1 fully saturated rings. The Morgan fingerprint density at radius 2 is 2.03 bits per heavy atom. The van der Waals surface area contributed by atoms with E-state index in [9.17, 15) is 13.2 Å². The van der Waals surface area contributed by atoms with Gasteiger partial charge < -0.3 is 14.8 Å². The normalized spacial score (nSPS) is 25.1. The molecule has 168 valence electrons. The second kappa shape index (κ2) is 8.44. The molecule has 0 spiro atoms. The molecule has 1 aromatic heterocycles.